The van der Waals surface area contributed by atoms with Gasteiger partial charge in [0.1, 0.15) is 4.60 Å². The number of amides is 1. The molecule has 0 aliphatic heterocycles. The van der Waals surface area contributed by atoms with Crippen molar-refractivity contribution in [2.24, 2.45) is 0 Å². The molecule has 4 nitrogen and oxygen atoms in total. The van der Waals surface area contributed by atoms with Crippen molar-refractivity contribution in [2.75, 3.05) is 0 Å². The second-order valence-corrected chi connectivity index (χ2v) is 6.07. The zero-order chi connectivity index (χ0) is 14.6. The van der Waals surface area contributed by atoms with Gasteiger partial charge in [-0.2, -0.15) is 4.39 Å². The summed E-state index contributed by atoms with van der Waals surface area (Å²) in [5.41, 5.74) is -0.156. The van der Waals surface area contributed by atoms with Gasteiger partial charge in [0, 0.05) is 12.1 Å². The first-order valence-electron chi connectivity index (χ1n) is 6.78. The zero-order valence-electron chi connectivity index (χ0n) is 11.2. The average molecular weight is 345 g/mol. The molecule has 1 aromatic heterocycles. The first kappa shape index (κ1) is 15.4. The molecule has 1 fully saturated rings. The molecule has 1 heterocycles. The number of carbonyl (C=O) groups excluding carboxylic acids is 1. The van der Waals surface area contributed by atoms with Gasteiger partial charge in [-0.1, -0.05) is 25.3 Å². The van der Waals surface area contributed by atoms with Gasteiger partial charge in [0.2, 0.25) is 11.9 Å². The maximum Gasteiger partial charge on any atom is 0.223 e. The standard InChI is InChI=1S/C14H18BrFN2O2/c15-13-10(4-5-11(16)18-13)9-17-12(19)8-14(20)6-2-1-3-7-14/h4-5,20H,1-3,6-9H2,(H,17,19). The second kappa shape index (κ2) is 6.63. The second-order valence-electron chi connectivity index (χ2n) is 5.32. The van der Waals surface area contributed by atoms with Gasteiger partial charge in [0.25, 0.3) is 0 Å². The lowest BCUT2D eigenvalue weighted by atomic mass is 9.82. The van der Waals surface area contributed by atoms with Crippen molar-refractivity contribution in [3.05, 3.63) is 28.2 Å². The molecule has 0 atom stereocenters. The Balaban J connectivity index is 1.85. The minimum atomic E-state index is -0.861. The minimum absolute atomic E-state index is 0.124. The van der Waals surface area contributed by atoms with Crippen molar-refractivity contribution < 1.29 is 14.3 Å². The van der Waals surface area contributed by atoms with Crippen LogP contribution in [0.2, 0.25) is 0 Å². The summed E-state index contributed by atoms with van der Waals surface area (Å²) in [5, 5.41) is 13.0. The summed E-state index contributed by atoms with van der Waals surface area (Å²) in [4.78, 5) is 15.5. The van der Waals surface area contributed by atoms with Gasteiger partial charge in [-0.05, 0) is 34.8 Å². The molecular formula is C14H18BrFN2O2. The quantitative estimate of drug-likeness (QED) is 0.825. The highest BCUT2D eigenvalue weighted by Crippen LogP contribution is 2.30. The highest BCUT2D eigenvalue weighted by atomic mass is 79.9. The molecule has 6 heteroatoms. The van der Waals surface area contributed by atoms with Crippen LogP contribution in [0.4, 0.5) is 4.39 Å². The van der Waals surface area contributed by atoms with Crippen LogP contribution in [0.1, 0.15) is 44.1 Å². The fourth-order valence-corrected chi connectivity index (χ4v) is 2.96. The third-order valence-corrected chi connectivity index (χ3v) is 4.33. The van der Waals surface area contributed by atoms with Crippen LogP contribution in [0.5, 0.6) is 0 Å². The number of carbonyl (C=O) groups is 1. The van der Waals surface area contributed by atoms with E-state index < -0.39 is 11.5 Å². The van der Waals surface area contributed by atoms with Crippen LogP contribution in [-0.2, 0) is 11.3 Å². The Bertz CT molecular complexity index is 490. The lowest BCUT2D eigenvalue weighted by Crippen LogP contribution is -2.38. The van der Waals surface area contributed by atoms with E-state index in [-0.39, 0.29) is 18.9 Å². The van der Waals surface area contributed by atoms with Crippen LogP contribution in [0.15, 0.2) is 16.7 Å². The SMILES string of the molecule is O=C(CC1(O)CCCCC1)NCc1ccc(F)nc1Br. The summed E-state index contributed by atoms with van der Waals surface area (Å²) in [5.74, 6) is -0.755. The monoisotopic (exact) mass is 344 g/mol. The van der Waals surface area contributed by atoms with E-state index in [1.165, 1.54) is 6.07 Å². The number of aromatic nitrogens is 1. The predicted molar refractivity (Wildman–Crippen MR) is 76.4 cm³/mol. The number of pyridine rings is 1. The molecule has 0 spiro atoms. The predicted octanol–water partition coefficient (Wildman–Crippen LogP) is 2.68. The Morgan fingerprint density at radius 1 is 1.40 bits per heavy atom. The van der Waals surface area contributed by atoms with E-state index in [1.54, 1.807) is 6.07 Å². The maximum atomic E-state index is 12.8. The molecule has 2 N–H and O–H groups in total. The summed E-state index contributed by atoms with van der Waals surface area (Å²) in [7, 11) is 0. The van der Waals surface area contributed by atoms with Crippen LogP contribution in [0.3, 0.4) is 0 Å². The highest BCUT2D eigenvalue weighted by Gasteiger charge is 2.31. The average Bonchev–Trinajstić information content (AvgIpc) is 2.38. The van der Waals surface area contributed by atoms with Crippen molar-refractivity contribution in [2.45, 2.75) is 50.7 Å². The number of nitrogens with one attached hydrogen (secondary N) is 1. The van der Waals surface area contributed by atoms with Crippen molar-refractivity contribution in [1.29, 1.82) is 0 Å². The molecular weight excluding hydrogens is 327 g/mol. The highest BCUT2D eigenvalue weighted by molar-refractivity contribution is 9.10. The summed E-state index contributed by atoms with van der Waals surface area (Å²) in [6, 6.07) is 2.82. The summed E-state index contributed by atoms with van der Waals surface area (Å²) in [6.45, 7) is 0.267. The van der Waals surface area contributed by atoms with Crippen LogP contribution in [-0.4, -0.2) is 21.6 Å². The van der Waals surface area contributed by atoms with E-state index in [0.717, 1.165) is 19.3 Å². The minimum Gasteiger partial charge on any atom is -0.389 e. The van der Waals surface area contributed by atoms with Gasteiger partial charge >= 0.3 is 0 Å². The van der Waals surface area contributed by atoms with Gasteiger partial charge in [-0.25, -0.2) is 4.98 Å². The summed E-state index contributed by atoms with van der Waals surface area (Å²) in [6.07, 6.45) is 4.55. The molecule has 0 saturated heterocycles. The first-order chi connectivity index (χ1) is 9.48. The Labute approximate surface area is 125 Å². The van der Waals surface area contributed by atoms with Gasteiger partial charge in [0.05, 0.1) is 12.0 Å². The number of aliphatic hydroxyl groups is 1. The molecule has 0 aromatic carbocycles. The largest absolute Gasteiger partial charge is 0.389 e. The summed E-state index contributed by atoms with van der Waals surface area (Å²) < 4.78 is 13.2. The van der Waals surface area contributed by atoms with E-state index in [0.29, 0.717) is 23.0 Å². The molecule has 1 aliphatic rings. The molecule has 1 saturated carbocycles. The number of hydrogen-bond donors (Lipinski definition) is 2. The van der Waals surface area contributed by atoms with E-state index >= 15 is 0 Å². The fourth-order valence-electron chi connectivity index (χ4n) is 2.51. The topological polar surface area (TPSA) is 62.2 Å². The molecule has 20 heavy (non-hydrogen) atoms. The van der Waals surface area contributed by atoms with Gasteiger partial charge in [0.15, 0.2) is 0 Å². The normalized spacial score (nSPS) is 17.8. The molecule has 110 valence electrons. The molecule has 1 amide bonds. The lowest BCUT2D eigenvalue weighted by Gasteiger charge is -2.31. The molecule has 0 unspecified atom stereocenters. The first-order valence-corrected chi connectivity index (χ1v) is 7.58. The smallest absolute Gasteiger partial charge is 0.223 e. The van der Waals surface area contributed by atoms with Gasteiger partial charge < -0.3 is 10.4 Å². The Morgan fingerprint density at radius 3 is 2.75 bits per heavy atom. The fraction of sp³-hybridized carbons (Fsp3) is 0.571. The van der Waals surface area contributed by atoms with E-state index in [9.17, 15) is 14.3 Å². The molecule has 1 aromatic rings. The van der Waals surface area contributed by atoms with E-state index in [1.807, 2.05) is 0 Å². The third kappa shape index (κ3) is 4.24. The van der Waals surface area contributed by atoms with Crippen LogP contribution < -0.4 is 5.32 Å². The van der Waals surface area contributed by atoms with E-state index in [2.05, 4.69) is 26.2 Å². The Kier molecular flexibility index (Phi) is 5.10. The number of nitrogens with zero attached hydrogens (tertiary/aromatic N) is 1. The van der Waals surface area contributed by atoms with Crippen molar-refractivity contribution >= 4 is 21.8 Å². The Hall–Kier alpha value is -1.01. The van der Waals surface area contributed by atoms with E-state index in [4.69, 9.17) is 0 Å². The molecule has 1 aliphatic carbocycles. The third-order valence-electron chi connectivity index (χ3n) is 3.64. The number of hydrogen-bond acceptors (Lipinski definition) is 3. The van der Waals surface area contributed by atoms with Gasteiger partial charge in [-0.3, -0.25) is 4.79 Å². The van der Waals surface area contributed by atoms with Crippen LogP contribution >= 0.6 is 15.9 Å². The number of rotatable bonds is 4. The maximum absolute atomic E-state index is 12.8. The van der Waals surface area contributed by atoms with Crippen molar-refractivity contribution in [3.8, 4) is 0 Å². The van der Waals surface area contributed by atoms with Crippen molar-refractivity contribution in [3.63, 3.8) is 0 Å². The van der Waals surface area contributed by atoms with Crippen molar-refractivity contribution in [1.82, 2.24) is 10.3 Å². The molecule has 0 bridgehead atoms. The Morgan fingerprint density at radius 2 is 2.10 bits per heavy atom. The molecule has 0 radical (unpaired) electrons. The zero-order valence-corrected chi connectivity index (χ0v) is 12.7. The summed E-state index contributed by atoms with van der Waals surface area (Å²) >= 11 is 3.15. The van der Waals surface area contributed by atoms with Gasteiger partial charge in [-0.15, -0.1) is 0 Å². The lowest BCUT2D eigenvalue weighted by molar-refractivity contribution is -0.127. The van der Waals surface area contributed by atoms with Crippen LogP contribution in [0.25, 0.3) is 0 Å². The number of halogens is 2. The van der Waals surface area contributed by atoms with Crippen LogP contribution in [0, 0.1) is 5.95 Å². The molecule has 2 rings (SSSR count).